The summed E-state index contributed by atoms with van der Waals surface area (Å²) in [5.74, 6) is 0. The first-order valence-corrected chi connectivity index (χ1v) is 8.74. The minimum absolute atomic E-state index is 0.120. The lowest BCUT2D eigenvalue weighted by atomic mass is 10.1. The predicted molar refractivity (Wildman–Crippen MR) is 83.5 cm³/mol. The number of phosphoric ester groups is 1. The van der Waals surface area contributed by atoms with Crippen molar-refractivity contribution in [2.45, 2.75) is 38.8 Å². The first kappa shape index (κ1) is 19.8. The van der Waals surface area contributed by atoms with E-state index in [1.54, 1.807) is 6.92 Å². The van der Waals surface area contributed by atoms with Crippen LogP contribution in [0.2, 0.25) is 0 Å². The number of rotatable bonds is 10. The number of nitrogens with zero attached hydrogens (tertiary/aromatic N) is 1. The third-order valence-corrected chi connectivity index (χ3v) is 4.13. The van der Waals surface area contributed by atoms with Gasteiger partial charge in [0.25, 0.3) is 5.56 Å². The van der Waals surface area contributed by atoms with Gasteiger partial charge in [-0.2, -0.15) is 0 Å². The molecule has 0 spiro atoms. The molecule has 1 heterocycles. The van der Waals surface area contributed by atoms with E-state index in [0.29, 0.717) is 12.8 Å². The highest BCUT2D eigenvalue weighted by atomic mass is 31.2. The van der Waals surface area contributed by atoms with E-state index in [1.165, 1.54) is 23.9 Å². The molecule has 3 atom stereocenters. The Morgan fingerprint density at radius 2 is 2.09 bits per heavy atom. The molecule has 0 aliphatic heterocycles. The second-order valence-corrected chi connectivity index (χ2v) is 6.51. The van der Waals surface area contributed by atoms with E-state index in [9.17, 15) is 19.0 Å². The summed E-state index contributed by atoms with van der Waals surface area (Å²) < 4.78 is 27.8. The Morgan fingerprint density at radius 3 is 2.65 bits per heavy atom. The van der Waals surface area contributed by atoms with Crippen LogP contribution in [0.25, 0.3) is 0 Å². The molecule has 2 N–H and O–H groups in total. The zero-order valence-corrected chi connectivity index (χ0v) is 14.3. The minimum Gasteiger partial charge on any atom is -0.379 e. The van der Waals surface area contributed by atoms with Gasteiger partial charge in [-0.25, -0.2) is 9.36 Å². The molecule has 9 nitrogen and oxygen atoms in total. The summed E-state index contributed by atoms with van der Waals surface area (Å²) in [6.45, 7) is 3.53. The molecular weight excluding hydrogens is 327 g/mol. The molecule has 0 aliphatic carbocycles. The topological polar surface area (TPSA) is 120 Å². The van der Waals surface area contributed by atoms with Crippen LogP contribution < -0.4 is 11.2 Å². The Bertz CT molecular complexity index is 642. The molecule has 0 saturated carbocycles. The molecule has 0 amide bonds. The van der Waals surface area contributed by atoms with E-state index in [4.69, 9.17) is 13.8 Å². The molecule has 1 aromatic rings. The average molecular weight is 350 g/mol. The molecule has 0 radical (unpaired) electrons. The Hall–Kier alpha value is -1.25. The van der Waals surface area contributed by atoms with E-state index in [1.807, 2.05) is 6.92 Å². The van der Waals surface area contributed by atoms with Gasteiger partial charge < -0.3 is 9.63 Å². The Kier molecular flexibility index (Phi) is 7.87. The van der Waals surface area contributed by atoms with Crippen molar-refractivity contribution in [2.75, 3.05) is 20.3 Å². The maximum atomic E-state index is 11.7. The number of nitrogens with one attached hydrogen (secondary N) is 1. The molecule has 23 heavy (non-hydrogen) atoms. The van der Waals surface area contributed by atoms with Crippen LogP contribution in [0.4, 0.5) is 0 Å². The smallest absolute Gasteiger partial charge is 0.379 e. The normalized spacial score (nSPS) is 16.7. The van der Waals surface area contributed by atoms with Crippen molar-refractivity contribution in [1.29, 1.82) is 0 Å². The number of methoxy groups -OCH3 is 1. The monoisotopic (exact) mass is 350 g/mol. The lowest BCUT2D eigenvalue weighted by Gasteiger charge is -2.22. The number of ether oxygens (including phenoxy) is 1. The first-order valence-electron chi connectivity index (χ1n) is 7.25. The van der Waals surface area contributed by atoms with Crippen LogP contribution in [-0.4, -0.2) is 40.9 Å². The predicted octanol–water partition coefficient (Wildman–Crippen LogP) is 1.05. The van der Waals surface area contributed by atoms with Crippen LogP contribution in [0.3, 0.4) is 0 Å². The van der Waals surface area contributed by atoms with Gasteiger partial charge in [0, 0.05) is 25.4 Å². The largest absolute Gasteiger partial charge is 0.472 e. The molecular formula is C13H23N2O7P. The standard InChI is InChI=1S/C13H23N2O7P/c1-4-7-21-23(18,19)22-9-11(20-3)8-10(2)15-6-5-12(16)14-13(15)17/h5-6,10-11H,4,7-9H2,1-3H3,(H,18,19)(H,14,16,17)/t10?,11-/m0/s1. The van der Waals surface area contributed by atoms with Crippen LogP contribution in [0, 0.1) is 0 Å². The van der Waals surface area contributed by atoms with Crippen molar-refractivity contribution < 1.29 is 23.2 Å². The Morgan fingerprint density at radius 1 is 1.39 bits per heavy atom. The second-order valence-electron chi connectivity index (χ2n) is 5.06. The quantitative estimate of drug-likeness (QED) is 0.605. The molecule has 132 valence electrons. The van der Waals surface area contributed by atoms with Crippen molar-refractivity contribution in [3.8, 4) is 0 Å². The summed E-state index contributed by atoms with van der Waals surface area (Å²) in [5.41, 5.74) is -1.00. The molecule has 0 aliphatic rings. The zero-order chi connectivity index (χ0) is 17.5. The van der Waals surface area contributed by atoms with Crippen LogP contribution in [0.5, 0.6) is 0 Å². The third-order valence-electron chi connectivity index (χ3n) is 3.15. The maximum Gasteiger partial charge on any atom is 0.472 e. The van der Waals surface area contributed by atoms with E-state index in [0.717, 1.165) is 0 Å². The van der Waals surface area contributed by atoms with Gasteiger partial charge in [-0.05, 0) is 19.8 Å². The van der Waals surface area contributed by atoms with Gasteiger partial charge in [-0.3, -0.25) is 23.4 Å². The lowest BCUT2D eigenvalue weighted by Crippen LogP contribution is -2.32. The summed E-state index contributed by atoms with van der Waals surface area (Å²) in [7, 11) is -2.67. The van der Waals surface area contributed by atoms with E-state index < -0.39 is 25.2 Å². The summed E-state index contributed by atoms with van der Waals surface area (Å²) in [4.78, 5) is 34.4. The molecule has 0 fully saturated rings. The number of hydrogen-bond acceptors (Lipinski definition) is 6. The molecule has 1 rings (SSSR count). The summed E-state index contributed by atoms with van der Waals surface area (Å²) in [6, 6.07) is 0.944. The minimum atomic E-state index is -4.10. The summed E-state index contributed by atoms with van der Waals surface area (Å²) in [6.07, 6.45) is 1.81. The number of phosphoric acid groups is 1. The van der Waals surface area contributed by atoms with Crippen molar-refractivity contribution in [1.82, 2.24) is 9.55 Å². The van der Waals surface area contributed by atoms with Crippen LogP contribution in [0.1, 0.15) is 32.7 Å². The van der Waals surface area contributed by atoms with Gasteiger partial charge in [0.15, 0.2) is 0 Å². The highest BCUT2D eigenvalue weighted by Gasteiger charge is 2.24. The van der Waals surface area contributed by atoms with Crippen LogP contribution in [0.15, 0.2) is 21.9 Å². The molecule has 0 aromatic carbocycles. The van der Waals surface area contributed by atoms with Crippen molar-refractivity contribution in [2.24, 2.45) is 0 Å². The van der Waals surface area contributed by atoms with Crippen LogP contribution in [-0.2, 0) is 18.3 Å². The lowest BCUT2D eigenvalue weighted by molar-refractivity contribution is 0.0269. The molecule has 10 heteroatoms. The second kappa shape index (κ2) is 9.14. The average Bonchev–Trinajstić information content (AvgIpc) is 2.49. The highest BCUT2D eigenvalue weighted by molar-refractivity contribution is 7.47. The molecule has 2 unspecified atom stereocenters. The molecule has 0 saturated heterocycles. The number of aromatic amines is 1. The number of hydrogen-bond donors (Lipinski definition) is 2. The fourth-order valence-electron chi connectivity index (χ4n) is 1.92. The van der Waals surface area contributed by atoms with Crippen molar-refractivity contribution >= 4 is 7.82 Å². The molecule has 1 aromatic heterocycles. The van der Waals surface area contributed by atoms with Crippen LogP contribution >= 0.6 is 7.82 Å². The Labute approximate surface area is 133 Å². The fraction of sp³-hybridized carbons (Fsp3) is 0.692. The maximum absolute atomic E-state index is 11.7. The highest BCUT2D eigenvalue weighted by Crippen LogP contribution is 2.43. The fourth-order valence-corrected chi connectivity index (χ4v) is 2.76. The summed E-state index contributed by atoms with van der Waals surface area (Å²) >= 11 is 0. The Balaban J connectivity index is 2.63. The third kappa shape index (κ3) is 6.80. The number of H-pyrrole nitrogens is 1. The van der Waals surface area contributed by atoms with E-state index >= 15 is 0 Å². The van der Waals surface area contributed by atoms with Crippen molar-refractivity contribution in [3.63, 3.8) is 0 Å². The van der Waals surface area contributed by atoms with E-state index in [-0.39, 0.29) is 19.3 Å². The van der Waals surface area contributed by atoms with Gasteiger partial charge >= 0.3 is 13.5 Å². The molecule has 0 bridgehead atoms. The van der Waals surface area contributed by atoms with Gasteiger partial charge in [0.05, 0.1) is 19.3 Å². The van der Waals surface area contributed by atoms with Gasteiger partial charge in [-0.1, -0.05) is 6.92 Å². The van der Waals surface area contributed by atoms with Gasteiger partial charge in [0.1, 0.15) is 0 Å². The number of aromatic nitrogens is 2. The SMILES string of the molecule is CCCOP(=O)(O)OC[C@H](CC(C)n1ccc(=O)[nH]c1=O)OC. The summed E-state index contributed by atoms with van der Waals surface area (Å²) in [5, 5.41) is 0. The van der Waals surface area contributed by atoms with E-state index in [2.05, 4.69) is 4.98 Å². The van der Waals surface area contributed by atoms with Gasteiger partial charge in [0.2, 0.25) is 0 Å². The van der Waals surface area contributed by atoms with Crippen molar-refractivity contribution in [3.05, 3.63) is 33.1 Å². The first-order chi connectivity index (χ1) is 10.8. The zero-order valence-electron chi connectivity index (χ0n) is 13.4. The van der Waals surface area contributed by atoms with Gasteiger partial charge in [-0.15, -0.1) is 0 Å².